The van der Waals surface area contributed by atoms with Crippen LogP contribution >= 0.6 is 0 Å². The van der Waals surface area contributed by atoms with Gasteiger partial charge in [0.15, 0.2) is 0 Å². The van der Waals surface area contributed by atoms with Crippen molar-refractivity contribution in [2.75, 3.05) is 26.3 Å². The Morgan fingerprint density at radius 1 is 1.09 bits per heavy atom. The average molecular weight is 454 g/mol. The highest BCUT2D eigenvalue weighted by Crippen LogP contribution is 2.46. The smallest absolute Gasteiger partial charge is 0.222 e. The number of nitrogens with zero attached hydrogens (tertiary/aromatic N) is 3. The van der Waals surface area contributed by atoms with Crippen LogP contribution in [0.4, 0.5) is 4.39 Å². The van der Waals surface area contributed by atoms with E-state index in [0.717, 1.165) is 25.2 Å². The molecular formula is C27H36FN3O2. The normalized spacial score (nSPS) is 29.9. The Balaban J connectivity index is 1.16. The number of carbonyl (C=O) groups is 1. The number of β-amino-alcohol motifs (C(OH)–C–C–N with tert-alkyl or cyclic N) is 1. The van der Waals surface area contributed by atoms with E-state index in [1.807, 2.05) is 28.1 Å². The monoisotopic (exact) mass is 453 g/mol. The zero-order chi connectivity index (χ0) is 22.8. The van der Waals surface area contributed by atoms with Crippen molar-refractivity contribution >= 4 is 11.6 Å². The molecule has 5 nitrogen and oxygen atoms in total. The van der Waals surface area contributed by atoms with Gasteiger partial charge < -0.3 is 14.9 Å². The molecule has 3 atom stereocenters. The zero-order valence-electron chi connectivity index (χ0n) is 19.5. The first-order valence-corrected chi connectivity index (χ1v) is 12.7. The van der Waals surface area contributed by atoms with E-state index in [4.69, 9.17) is 0 Å². The van der Waals surface area contributed by atoms with Gasteiger partial charge in [-0.15, -0.1) is 0 Å². The Bertz CT molecular complexity index is 910. The first-order valence-electron chi connectivity index (χ1n) is 12.7. The molecule has 1 N–H and O–H groups in total. The molecule has 2 bridgehead atoms. The summed E-state index contributed by atoms with van der Waals surface area (Å²) in [6.45, 7) is 2.25. The molecule has 6 heteroatoms. The summed E-state index contributed by atoms with van der Waals surface area (Å²) < 4.78 is 14.1. The molecule has 1 aromatic rings. The van der Waals surface area contributed by atoms with Gasteiger partial charge >= 0.3 is 0 Å². The van der Waals surface area contributed by atoms with Gasteiger partial charge in [0.1, 0.15) is 12.5 Å². The van der Waals surface area contributed by atoms with E-state index in [2.05, 4.69) is 4.99 Å². The molecule has 1 unspecified atom stereocenters. The summed E-state index contributed by atoms with van der Waals surface area (Å²) in [4.78, 5) is 21.5. The maximum Gasteiger partial charge on any atom is 0.222 e. The minimum atomic E-state index is -0.796. The SMILES string of the molecule is O=C(CCC1CCCCC1)N1C[C@H]2CC[C@@H](C1)C2(O)CN1C=CC(c2ccccc2F)=NC1. The third-order valence-corrected chi connectivity index (χ3v) is 8.48. The molecule has 178 valence electrons. The molecule has 1 aromatic carbocycles. The number of hydrogen-bond donors (Lipinski definition) is 1. The highest BCUT2D eigenvalue weighted by atomic mass is 19.1. The molecule has 1 amide bonds. The minimum Gasteiger partial charge on any atom is -0.387 e. The zero-order valence-corrected chi connectivity index (χ0v) is 19.5. The highest BCUT2D eigenvalue weighted by Gasteiger charge is 2.54. The van der Waals surface area contributed by atoms with Crippen LogP contribution in [0.25, 0.3) is 0 Å². The minimum absolute atomic E-state index is 0.111. The molecule has 2 aliphatic carbocycles. The summed E-state index contributed by atoms with van der Waals surface area (Å²) >= 11 is 0. The fourth-order valence-corrected chi connectivity index (χ4v) is 6.48. The molecule has 4 aliphatic rings. The molecule has 2 aliphatic heterocycles. The predicted octanol–water partition coefficient (Wildman–Crippen LogP) is 4.36. The fraction of sp³-hybridized carbons (Fsp3) is 0.630. The molecule has 0 spiro atoms. The van der Waals surface area contributed by atoms with Gasteiger partial charge in [-0.2, -0.15) is 0 Å². The van der Waals surface area contributed by atoms with E-state index in [-0.39, 0.29) is 23.6 Å². The van der Waals surface area contributed by atoms with Crippen LogP contribution in [0.2, 0.25) is 0 Å². The summed E-state index contributed by atoms with van der Waals surface area (Å²) in [6, 6.07) is 6.67. The largest absolute Gasteiger partial charge is 0.387 e. The van der Waals surface area contributed by atoms with Crippen molar-refractivity contribution in [1.29, 1.82) is 0 Å². The molecule has 0 radical (unpaired) electrons. The first kappa shape index (κ1) is 22.6. The lowest BCUT2D eigenvalue weighted by atomic mass is 9.79. The second-order valence-corrected chi connectivity index (χ2v) is 10.5. The van der Waals surface area contributed by atoms with E-state index >= 15 is 0 Å². The molecule has 2 saturated carbocycles. The van der Waals surface area contributed by atoms with E-state index in [1.165, 1.54) is 38.2 Å². The number of benzene rings is 1. The number of carbonyl (C=O) groups excluding carboxylic acids is 1. The standard InChI is InChI=1S/C27H36FN3O2/c28-24-9-5-4-8-23(24)25-14-15-30(19-29-25)18-27(33)21-11-12-22(27)17-31(16-21)26(32)13-10-20-6-2-1-3-7-20/h4-5,8-9,14-15,20-22,33H,1-3,6-7,10-13,16-19H2/t21-,22+,27?. The third-order valence-electron chi connectivity index (χ3n) is 8.48. The van der Waals surface area contributed by atoms with Crippen LogP contribution in [-0.2, 0) is 4.79 Å². The fourth-order valence-electron chi connectivity index (χ4n) is 6.48. The summed E-state index contributed by atoms with van der Waals surface area (Å²) in [5.41, 5.74) is 0.347. The van der Waals surface area contributed by atoms with Gasteiger partial charge in [0.25, 0.3) is 0 Å². The maximum absolute atomic E-state index is 14.1. The van der Waals surface area contributed by atoms with E-state index in [9.17, 15) is 14.3 Å². The molecular weight excluding hydrogens is 417 g/mol. The topological polar surface area (TPSA) is 56.1 Å². The van der Waals surface area contributed by atoms with Crippen molar-refractivity contribution in [3.8, 4) is 0 Å². The quantitative estimate of drug-likeness (QED) is 0.696. The molecule has 33 heavy (non-hydrogen) atoms. The Kier molecular flexibility index (Phi) is 6.55. The molecule has 5 rings (SSSR count). The average Bonchev–Trinajstić information content (AvgIpc) is 3.00. The Morgan fingerprint density at radius 2 is 1.82 bits per heavy atom. The second-order valence-electron chi connectivity index (χ2n) is 10.5. The predicted molar refractivity (Wildman–Crippen MR) is 127 cm³/mol. The van der Waals surface area contributed by atoms with E-state index in [1.54, 1.807) is 12.1 Å². The van der Waals surface area contributed by atoms with Gasteiger partial charge in [0.05, 0.1) is 11.3 Å². The van der Waals surface area contributed by atoms with Gasteiger partial charge in [-0.3, -0.25) is 9.79 Å². The number of halogens is 1. The number of rotatable bonds is 6. The van der Waals surface area contributed by atoms with Crippen LogP contribution in [0.15, 0.2) is 41.5 Å². The van der Waals surface area contributed by atoms with Crippen LogP contribution in [0, 0.1) is 23.6 Å². The Hall–Kier alpha value is -2.21. The number of hydrogen-bond acceptors (Lipinski definition) is 4. The van der Waals surface area contributed by atoms with Gasteiger partial charge in [-0.25, -0.2) is 4.39 Å². The number of likely N-dealkylation sites (tertiary alicyclic amines) is 1. The van der Waals surface area contributed by atoms with Gasteiger partial charge in [0.2, 0.25) is 5.91 Å². The lowest BCUT2D eigenvalue weighted by Gasteiger charge is -2.46. The van der Waals surface area contributed by atoms with Crippen LogP contribution < -0.4 is 0 Å². The van der Waals surface area contributed by atoms with Crippen molar-refractivity contribution in [1.82, 2.24) is 9.80 Å². The van der Waals surface area contributed by atoms with Gasteiger partial charge in [-0.1, -0.05) is 44.2 Å². The summed E-state index contributed by atoms with van der Waals surface area (Å²) in [6.07, 6.45) is 13.9. The number of allylic oxidation sites excluding steroid dienone is 1. The lowest BCUT2D eigenvalue weighted by Crippen LogP contribution is -2.59. The first-order chi connectivity index (χ1) is 16.0. The van der Waals surface area contributed by atoms with Gasteiger partial charge in [-0.05, 0) is 43.4 Å². The Labute approximate surface area is 196 Å². The van der Waals surface area contributed by atoms with E-state index in [0.29, 0.717) is 44.0 Å². The number of aliphatic hydroxyl groups is 1. The van der Waals surface area contributed by atoms with Crippen molar-refractivity contribution in [3.05, 3.63) is 47.9 Å². The van der Waals surface area contributed by atoms with Crippen molar-refractivity contribution in [3.63, 3.8) is 0 Å². The van der Waals surface area contributed by atoms with Gasteiger partial charge in [0, 0.05) is 49.7 Å². The number of piperidine rings is 1. The summed E-state index contributed by atoms with van der Waals surface area (Å²) in [5.74, 6) is 0.949. The van der Waals surface area contributed by atoms with E-state index < -0.39 is 5.60 Å². The molecule has 0 aromatic heterocycles. The van der Waals surface area contributed by atoms with Crippen LogP contribution in [0.3, 0.4) is 0 Å². The lowest BCUT2D eigenvalue weighted by molar-refractivity contribution is -0.144. The maximum atomic E-state index is 14.1. The summed E-state index contributed by atoms with van der Waals surface area (Å²) in [7, 11) is 0. The van der Waals surface area contributed by atoms with Crippen molar-refractivity contribution in [2.24, 2.45) is 22.7 Å². The van der Waals surface area contributed by atoms with Crippen LogP contribution in [0.5, 0.6) is 0 Å². The van der Waals surface area contributed by atoms with Crippen LogP contribution in [-0.4, -0.2) is 58.4 Å². The molecule has 2 heterocycles. The molecule has 3 fully saturated rings. The number of amides is 1. The van der Waals surface area contributed by atoms with Crippen LogP contribution in [0.1, 0.15) is 63.4 Å². The van der Waals surface area contributed by atoms with Crippen molar-refractivity contribution in [2.45, 2.75) is 63.4 Å². The number of fused-ring (bicyclic) bond motifs is 2. The summed E-state index contributed by atoms with van der Waals surface area (Å²) in [5, 5.41) is 11.7. The van der Waals surface area contributed by atoms with Crippen molar-refractivity contribution < 1.29 is 14.3 Å². The highest BCUT2D eigenvalue weighted by molar-refractivity contribution is 6.09. The second kappa shape index (κ2) is 9.57. The third kappa shape index (κ3) is 4.72. The number of aliphatic imine (C=N–C) groups is 1. The molecule has 1 saturated heterocycles. The Morgan fingerprint density at radius 3 is 2.48 bits per heavy atom.